The third kappa shape index (κ3) is 1.28. The molecule has 1 aliphatic rings. The highest BCUT2D eigenvalue weighted by atomic mass is 16.4. The molecule has 2 N–H and O–H groups in total. The third-order valence-electron chi connectivity index (χ3n) is 0.955. The fraction of sp³-hybridized carbons (Fsp3) is 0.200. The van der Waals surface area contributed by atoms with Crippen LogP contribution in [0.15, 0.2) is 16.8 Å². The van der Waals surface area contributed by atoms with E-state index in [1.54, 1.807) is 6.08 Å². The van der Waals surface area contributed by atoms with Crippen molar-refractivity contribution in [1.82, 2.24) is 5.43 Å². The van der Waals surface area contributed by atoms with E-state index < -0.39 is 5.97 Å². The van der Waals surface area contributed by atoms with Gasteiger partial charge in [0.2, 0.25) is 0 Å². The van der Waals surface area contributed by atoms with Gasteiger partial charge in [0, 0.05) is 0 Å². The van der Waals surface area contributed by atoms with Crippen LogP contribution in [0.25, 0.3) is 0 Å². The van der Waals surface area contributed by atoms with Gasteiger partial charge in [0.15, 0.2) is 0 Å². The van der Waals surface area contributed by atoms with E-state index >= 15 is 0 Å². The molecule has 1 heterocycles. The summed E-state index contributed by atoms with van der Waals surface area (Å²) in [5, 5.41) is 11.9. The first-order chi connectivity index (χ1) is 4.30. The Bertz CT molecular complexity index is 183. The quantitative estimate of drug-likeness (QED) is 0.502. The molecule has 9 heavy (non-hydrogen) atoms. The summed E-state index contributed by atoms with van der Waals surface area (Å²) in [5.74, 6) is -0.930. The molecule has 48 valence electrons. The third-order valence-corrected chi connectivity index (χ3v) is 0.955. The standard InChI is InChI=1S/C5H6N2O2/c8-5(9)4-1-2-6-7-3-4/h1,3,6H,2H2,(H,8,9). The summed E-state index contributed by atoms with van der Waals surface area (Å²) < 4.78 is 0. The van der Waals surface area contributed by atoms with Crippen molar-refractivity contribution in [3.8, 4) is 0 Å². The topological polar surface area (TPSA) is 61.7 Å². The fourth-order valence-electron chi connectivity index (χ4n) is 0.519. The molecule has 0 aromatic rings. The minimum absolute atomic E-state index is 0.244. The first-order valence-electron chi connectivity index (χ1n) is 2.50. The van der Waals surface area contributed by atoms with E-state index in [9.17, 15) is 4.79 Å². The molecular weight excluding hydrogens is 120 g/mol. The zero-order valence-electron chi connectivity index (χ0n) is 4.66. The lowest BCUT2D eigenvalue weighted by Gasteiger charge is -2.01. The molecular formula is C5H6N2O2. The molecule has 0 saturated carbocycles. The maximum absolute atomic E-state index is 10.2. The van der Waals surface area contributed by atoms with Gasteiger partial charge in [-0.15, -0.1) is 0 Å². The van der Waals surface area contributed by atoms with Crippen molar-refractivity contribution in [1.29, 1.82) is 0 Å². The molecule has 0 aromatic heterocycles. The molecule has 4 heteroatoms. The molecule has 0 bridgehead atoms. The highest BCUT2D eigenvalue weighted by Crippen LogP contribution is 1.92. The Morgan fingerprint density at radius 3 is 3.00 bits per heavy atom. The van der Waals surface area contributed by atoms with Gasteiger partial charge in [-0.25, -0.2) is 4.79 Å². The van der Waals surface area contributed by atoms with E-state index in [0.717, 1.165) is 0 Å². The molecule has 0 amide bonds. The zero-order chi connectivity index (χ0) is 6.69. The highest BCUT2D eigenvalue weighted by molar-refractivity contribution is 6.08. The summed E-state index contributed by atoms with van der Waals surface area (Å²) in [5.41, 5.74) is 2.84. The smallest absolute Gasteiger partial charge is 0.337 e. The van der Waals surface area contributed by atoms with Gasteiger partial charge in [-0.2, -0.15) is 5.10 Å². The number of carboxylic acid groups (broad SMARTS) is 1. The molecule has 0 aromatic carbocycles. The average molecular weight is 126 g/mol. The SMILES string of the molecule is O=C(O)C1=CCNN=C1. The van der Waals surface area contributed by atoms with Crippen molar-refractivity contribution in [3.63, 3.8) is 0 Å². The average Bonchev–Trinajstić information content (AvgIpc) is 1.90. The molecule has 0 unspecified atom stereocenters. The molecule has 0 fully saturated rings. The summed E-state index contributed by atoms with van der Waals surface area (Å²) in [7, 11) is 0. The largest absolute Gasteiger partial charge is 0.478 e. The molecule has 0 saturated heterocycles. The predicted molar refractivity (Wildman–Crippen MR) is 32.2 cm³/mol. The number of carbonyl (C=O) groups is 1. The van der Waals surface area contributed by atoms with Gasteiger partial charge >= 0.3 is 5.97 Å². The summed E-state index contributed by atoms with van der Waals surface area (Å²) >= 11 is 0. The van der Waals surface area contributed by atoms with E-state index in [4.69, 9.17) is 5.11 Å². The Morgan fingerprint density at radius 1 is 1.89 bits per heavy atom. The van der Waals surface area contributed by atoms with E-state index in [1.807, 2.05) is 0 Å². The number of carboxylic acids is 1. The summed E-state index contributed by atoms with van der Waals surface area (Å²) in [6.45, 7) is 0.498. The second-order valence-electron chi connectivity index (χ2n) is 1.59. The fourth-order valence-corrected chi connectivity index (χ4v) is 0.519. The van der Waals surface area contributed by atoms with Crippen LogP contribution >= 0.6 is 0 Å². The van der Waals surface area contributed by atoms with Gasteiger partial charge < -0.3 is 10.5 Å². The molecule has 0 spiro atoms. The van der Waals surface area contributed by atoms with E-state index in [-0.39, 0.29) is 5.57 Å². The van der Waals surface area contributed by atoms with Crippen molar-refractivity contribution in [2.75, 3.05) is 6.54 Å². The van der Waals surface area contributed by atoms with Crippen molar-refractivity contribution in [2.45, 2.75) is 0 Å². The predicted octanol–water partition coefficient (Wildman–Crippen LogP) is -0.414. The Kier molecular flexibility index (Phi) is 1.48. The Hall–Kier alpha value is -1.32. The van der Waals surface area contributed by atoms with E-state index in [0.29, 0.717) is 6.54 Å². The van der Waals surface area contributed by atoms with Gasteiger partial charge in [0.05, 0.1) is 18.3 Å². The summed E-state index contributed by atoms with van der Waals surface area (Å²) in [6.07, 6.45) is 2.85. The lowest BCUT2D eigenvalue weighted by Crippen LogP contribution is -2.15. The highest BCUT2D eigenvalue weighted by Gasteiger charge is 2.04. The second-order valence-corrected chi connectivity index (χ2v) is 1.59. The van der Waals surface area contributed by atoms with Crippen LogP contribution in [0.1, 0.15) is 0 Å². The van der Waals surface area contributed by atoms with Crippen molar-refractivity contribution in [3.05, 3.63) is 11.6 Å². The normalized spacial score (nSPS) is 16.2. The van der Waals surface area contributed by atoms with Gasteiger partial charge in [-0.3, -0.25) is 0 Å². The molecule has 1 rings (SSSR count). The number of hydrogen-bond donors (Lipinski definition) is 2. The number of nitrogens with one attached hydrogen (secondary N) is 1. The van der Waals surface area contributed by atoms with Gasteiger partial charge in [0.25, 0.3) is 0 Å². The van der Waals surface area contributed by atoms with Crippen LogP contribution in [0, 0.1) is 0 Å². The van der Waals surface area contributed by atoms with Gasteiger partial charge in [-0.05, 0) is 6.08 Å². The lowest BCUT2D eigenvalue weighted by atomic mass is 10.2. The van der Waals surface area contributed by atoms with Crippen LogP contribution in [-0.2, 0) is 4.79 Å². The number of hydrogen-bond acceptors (Lipinski definition) is 3. The number of nitrogens with zero attached hydrogens (tertiary/aromatic N) is 1. The first-order valence-corrected chi connectivity index (χ1v) is 2.50. The van der Waals surface area contributed by atoms with Crippen LogP contribution < -0.4 is 5.43 Å². The lowest BCUT2D eigenvalue weighted by molar-refractivity contribution is -0.132. The van der Waals surface area contributed by atoms with E-state index in [2.05, 4.69) is 10.5 Å². The van der Waals surface area contributed by atoms with Gasteiger partial charge in [-0.1, -0.05) is 0 Å². The van der Waals surface area contributed by atoms with Crippen LogP contribution in [0.5, 0.6) is 0 Å². The van der Waals surface area contributed by atoms with Crippen molar-refractivity contribution in [2.24, 2.45) is 5.10 Å². The Balaban J connectivity index is 2.69. The monoisotopic (exact) mass is 126 g/mol. The van der Waals surface area contributed by atoms with Crippen LogP contribution in [-0.4, -0.2) is 23.8 Å². The number of rotatable bonds is 1. The van der Waals surface area contributed by atoms with Gasteiger partial charge in [0.1, 0.15) is 0 Å². The molecule has 4 nitrogen and oxygen atoms in total. The Morgan fingerprint density at radius 2 is 2.67 bits per heavy atom. The maximum Gasteiger partial charge on any atom is 0.337 e. The molecule has 0 aliphatic carbocycles. The maximum atomic E-state index is 10.2. The number of hydrazone groups is 1. The molecule has 0 atom stereocenters. The minimum Gasteiger partial charge on any atom is -0.478 e. The van der Waals surface area contributed by atoms with Crippen LogP contribution in [0.4, 0.5) is 0 Å². The van der Waals surface area contributed by atoms with Crippen LogP contribution in [0.3, 0.4) is 0 Å². The first kappa shape index (κ1) is 5.81. The summed E-state index contributed by atoms with van der Waals surface area (Å²) in [6, 6.07) is 0. The van der Waals surface area contributed by atoms with Crippen molar-refractivity contribution < 1.29 is 9.90 Å². The minimum atomic E-state index is -0.930. The summed E-state index contributed by atoms with van der Waals surface area (Å²) in [4.78, 5) is 10.2. The van der Waals surface area contributed by atoms with E-state index in [1.165, 1.54) is 6.21 Å². The zero-order valence-corrected chi connectivity index (χ0v) is 4.66. The van der Waals surface area contributed by atoms with Crippen LogP contribution in [0.2, 0.25) is 0 Å². The molecule has 1 aliphatic heterocycles. The second kappa shape index (κ2) is 2.30. The molecule has 0 radical (unpaired) electrons. The number of aliphatic carboxylic acids is 1. The van der Waals surface area contributed by atoms with Crippen molar-refractivity contribution >= 4 is 12.2 Å². The Labute approximate surface area is 51.9 Å².